The number of aliphatic hydroxyl groups is 1. The average Bonchev–Trinajstić information content (AvgIpc) is 3.11. The van der Waals surface area contributed by atoms with Crippen LogP contribution in [-0.4, -0.2) is 67.0 Å². The smallest absolute Gasteiger partial charge is 0.133 e. The third-order valence-electron chi connectivity index (χ3n) is 5.56. The van der Waals surface area contributed by atoms with Gasteiger partial charge in [-0.25, -0.2) is 4.99 Å². The first-order chi connectivity index (χ1) is 12.5. The van der Waals surface area contributed by atoms with Crippen LogP contribution in [0, 0.1) is 0 Å². The Morgan fingerprint density at radius 1 is 1.23 bits per heavy atom. The predicted molar refractivity (Wildman–Crippen MR) is 105 cm³/mol. The fourth-order valence-electron chi connectivity index (χ4n) is 3.69. The van der Waals surface area contributed by atoms with Crippen LogP contribution in [0.25, 0.3) is 5.57 Å². The number of aliphatic imine (C=N–C) groups is 1. The third-order valence-corrected chi connectivity index (χ3v) is 5.56. The quantitative estimate of drug-likeness (QED) is 0.762. The minimum Gasteiger partial charge on any atom is -0.460 e. The van der Waals surface area contributed by atoms with E-state index in [-0.39, 0.29) is 6.10 Å². The maximum atomic E-state index is 9.66. The minimum atomic E-state index is -0.152. The lowest BCUT2D eigenvalue weighted by atomic mass is 9.93. The zero-order valence-electron chi connectivity index (χ0n) is 16.1. The topological polar surface area (TPSA) is 64.2 Å². The van der Waals surface area contributed by atoms with E-state index in [4.69, 9.17) is 4.42 Å². The highest BCUT2D eigenvalue weighted by atomic mass is 16.3. The molecular weight excluding hydrogens is 328 g/mol. The highest BCUT2D eigenvalue weighted by Crippen LogP contribution is 2.24. The molecule has 0 bridgehead atoms. The first-order valence-electron chi connectivity index (χ1n) is 9.67. The molecule has 3 rings (SSSR count). The Bertz CT molecular complexity index is 624. The molecule has 1 saturated carbocycles. The van der Waals surface area contributed by atoms with Crippen molar-refractivity contribution in [1.82, 2.24) is 15.1 Å². The van der Waals surface area contributed by atoms with Crippen LogP contribution in [0.3, 0.4) is 0 Å². The summed E-state index contributed by atoms with van der Waals surface area (Å²) in [6, 6.07) is 4.43. The number of nitrogens with one attached hydrogen (secondary N) is 1. The van der Waals surface area contributed by atoms with Gasteiger partial charge in [-0.1, -0.05) is 0 Å². The van der Waals surface area contributed by atoms with E-state index in [9.17, 15) is 5.11 Å². The lowest BCUT2D eigenvalue weighted by Gasteiger charge is -2.31. The number of nitrogens with zero attached hydrogens (tertiary/aromatic N) is 3. The van der Waals surface area contributed by atoms with Crippen molar-refractivity contribution in [2.75, 3.05) is 33.2 Å². The van der Waals surface area contributed by atoms with Gasteiger partial charge in [-0.3, -0.25) is 4.90 Å². The molecule has 0 atom stereocenters. The molecule has 2 fully saturated rings. The second-order valence-electron chi connectivity index (χ2n) is 7.63. The Labute approximate surface area is 156 Å². The van der Waals surface area contributed by atoms with E-state index >= 15 is 0 Å². The van der Waals surface area contributed by atoms with Gasteiger partial charge in [0.1, 0.15) is 17.3 Å². The number of likely N-dealkylation sites (N-methyl/N-ethyl adjacent to an activating group) is 1. The molecule has 0 unspecified atom stereocenters. The van der Waals surface area contributed by atoms with E-state index in [0.717, 1.165) is 81.3 Å². The first kappa shape index (κ1) is 19.1. The molecule has 26 heavy (non-hydrogen) atoms. The zero-order valence-corrected chi connectivity index (χ0v) is 16.1. The van der Waals surface area contributed by atoms with E-state index in [1.807, 2.05) is 13.0 Å². The van der Waals surface area contributed by atoms with Crippen LogP contribution in [0.2, 0.25) is 0 Å². The number of furan rings is 1. The molecule has 2 aliphatic rings. The number of aliphatic hydroxyl groups excluding tert-OH is 1. The molecule has 6 heteroatoms. The van der Waals surface area contributed by atoms with Gasteiger partial charge < -0.3 is 19.7 Å². The second-order valence-corrected chi connectivity index (χ2v) is 7.63. The standard InChI is InChI=1S/C20H32N4O2/c1-15(20(21-2)22-16-4-6-17(25)7-5-16)19-9-8-18(26-19)14-24-12-10-23(3)11-13-24/h8-9,16-17,22,25H,2,4-7,10-14H2,1,3H3/b20-15-/t16-,17-. The Balaban J connectivity index is 1.62. The summed E-state index contributed by atoms with van der Waals surface area (Å²) in [7, 11) is 2.17. The van der Waals surface area contributed by atoms with Crippen LogP contribution in [0.4, 0.5) is 0 Å². The second kappa shape index (κ2) is 8.84. The number of rotatable bonds is 6. The lowest BCUT2D eigenvalue weighted by Crippen LogP contribution is -2.43. The Hall–Kier alpha value is -1.63. The summed E-state index contributed by atoms with van der Waals surface area (Å²) in [5, 5.41) is 13.1. The van der Waals surface area contributed by atoms with Crippen LogP contribution in [0.15, 0.2) is 27.4 Å². The van der Waals surface area contributed by atoms with Crippen LogP contribution in [0.1, 0.15) is 44.1 Å². The molecule has 2 N–H and O–H groups in total. The van der Waals surface area contributed by atoms with E-state index < -0.39 is 0 Å². The zero-order chi connectivity index (χ0) is 18.5. The van der Waals surface area contributed by atoms with Crippen molar-refractivity contribution in [1.29, 1.82) is 0 Å². The largest absolute Gasteiger partial charge is 0.460 e. The van der Waals surface area contributed by atoms with Crippen molar-refractivity contribution in [3.8, 4) is 0 Å². The molecule has 1 aromatic heterocycles. The SMILES string of the molecule is C=N/C(N[C@H]1CC[C@H](O)CC1)=C(\C)c1ccc(CN2CCN(C)CC2)o1. The summed E-state index contributed by atoms with van der Waals surface area (Å²) in [4.78, 5) is 8.98. The Morgan fingerprint density at radius 3 is 2.58 bits per heavy atom. The molecule has 6 nitrogen and oxygen atoms in total. The van der Waals surface area contributed by atoms with Crippen LogP contribution >= 0.6 is 0 Å². The minimum absolute atomic E-state index is 0.152. The van der Waals surface area contributed by atoms with Crippen molar-refractivity contribution < 1.29 is 9.52 Å². The van der Waals surface area contributed by atoms with E-state index in [1.54, 1.807) is 0 Å². The summed E-state index contributed by atoms with van der Waals surface area (Å²) < 4.78 is 6.08. The monoisotopic (exact) mass is 360 g/mol. The highest BCUT2D eigenvalue weighted by Gasteiger charge is 2.21. The van der Waals surface area contributed by atoms with Gasteiger partial charge in [0.15, 0.2) is 0 Å². The normalized spacial score (nSPS) is 26.4. The maximum absolute atomic E-state index is 9.66. The summed E-state index contributed by atoms with van der Waals surface area (Å²) in [6.07, 6.45) is 3.45. The van der Waals surface area contributed by atoms with Gasteiger partial charge in [0.2, 0.25) is 0 Å². The van der Waals surface area contributed by atoms with Gasteiger partial charge in [0.05, 0.1) is 12.6 Å². The van der Waals surface area contributed by atoms with Crippen LogP contribution < -0.4 is 5.32 Å². The number of hydrogen-bond donors (Lipinski definition) is 2. The number of allylic oxidation sites excluding steroid dienone is 1. The molecule has 0 aromatic carbocycles. The predicted octanol–water partition coefficient (Wildman–Crippen LogP) is 2.31. The number of hydrogen-bond acceptors (Lipinski definition) is 6. The third kappa shape index (κ3) is 4.96. The van der Waals surface area contributed by atoms with Crippen molar-refractivity contribution >= 4 is 12.3 Å². The molecule has 1 aromatic rings. The summed E-state index contributed by atoms with van der Waals surface area (Å²) in [5.41, 5.74) is 0.982. The number of piperazine rings is 1. The van der Waals surface area contributed by atoms with Gasteiger partial charge in [0, 0.05) is 37.8 Å². The first-order valence-corrected chi connectivity index (χ1v) is 9.67. The molecule has 0 spiro atoms. The molecule has 1 aliphatic carbocycles. The Morgan fingerprint density at radius 2 is 1.92 bits per heavy atom. The van der Waals surface area contributed by atoms with Crippen molar-refractivity contribution in [2.24, 2.45) is 4.99 Å². The molecule has 144 valence electrons. The Kier molecular flexibility index (Phi) is 6.51. The van der Waals surface area contributed by atoms with E-state index in [1.165, 1.54) is 0 Å². The average molecular weight is 361 g/mol. The van der Waals surface area contributed by atoms with Gasteiger partial charge in [0.25, 0.3) is 0 Å². The molecular formula is C20H32N4O2. The molecule has 1 aliphatic heterocycles. The fraction of sp³-hybridized carbons (Fsp3) is 0.650. The lowest BCUT2D eigenvalue weighted by molar-refractivity contribution is 0.118. The molecule has 2 heterocycles. The summed E-state index contributed by atoms with van der Waals surface area (Å²) >= 11 is 0. The van der Waals surface area contributed by atoms with Gasteiger partial charge in [-0.2, -0.15) is 0 Å². The van der Waals surface area contributed by atoms with Crippen LogP contribution in [-0.2, 0) is 6.54 Å². The highest BCUT2D eigenvalue weighted by molar-refractivity contribution is 5.63. The summed E-state index contributed by atoms with van der Waals surface area (Å²) in [5.74, 6) is 2.62. The van der Waals surface area contributed by atoms with E-state index in [2.05, 4.69) is 39.9 Å². The van der Waals surface area contributed by atoms with Gasteiger partial charge in [-0.05, 0) is 58.5 Å². The molecule has 0 radical (unpaired) electrons. The van der Waals surface area contributed by atoms with Crippen molar-refractivity contribution in [2.45, 2.75) is 51.3 Å². The summed E-state index contributed by atoms with van der Waals surface area (Å²) in [6.45, 7) is 11.0. The van der Waals surface area contributed by atoms with Crippen molar-refractivity contribution in [3.63, 3.8) is 0 Å². The van der Waals surface area contributed by atoms with Crippen molar-refractivity contribution in [3.05, 3.63) is 29.5 Å². The van der Waals surface area contributed by atoms with Crippen LogP contribution in [0.5, 0.6) is 0 Å². The molecule has 1 saturated heterocycles. The fourth-order valence-corrected chi connectivity index (χ4v) is 3.69. The van der Waals surface area contributed by atoms with Gasteiger partial charge in [-0.15, -0.1) is 0 Å². The van der Waals surface area contributed by atoms with E-state index in [0.29, 0.717) is 6.04 Å². The maximum Gasteiger partial charge on any atom is 0.133 e. The van der Waals surface area contributed by atoms with Gasteiger partial charge >= 0.3 is 0 Å². The molecule has 0 amide bonds.